The van der Waals surface area contributed by atoms with Gasteiger partial charge in [0.2, 0.25) is 0 Å². The normalized spacial score (nSPS) is 20.1. The molecule has 0 bridgehead atoms. The van der Waals surface area contributed by atoms with Crippen molar-refractivity contribution < 1.29 is 19.4 Å². The van der Waals surface area contributed by atoms with E-state index in [4.69, 9.17) is 14.5 Å². The van der Waals surface area contributed by atoms with Crippen molar-refractivity contribution in [2.24, 2.45) is 5.92 Å². The lowest BCUT2D eigenvalue weighted by Crippen LogP contribution is -2.38. The van der Waals surface area contributed by atoms with Crippen LogP contribution in [0.4, 0.5) is 10.5 Å². The Morgan fingerprint density at radius 1 is 0.907 bits per heavy atom. The van der Waals surface area contributed by atoms with Crippen LogP contribution in [0.15, 0.2) is 107 Å². The van der Waals surface area contributed by atoms with Crippen molar-refractivity contribution in [1.29, 1.82) is 0 Å². The van der Waals surface area contributed by atoms with Gasteiger partial charge >= 0.3 is 6.03 Å². The number of thioether (sulfide) groups is 1. The summed E-state index contributed by atoms with van der Waals surface area (Å²) in [6.45, 7) is 2.58. The highest BCUT2D eigenvalue weighted by Crippen LogP contribution is 2.43. The van der Waals surface area contributed by atoms with Gasteiger partial charge in [-0.3, -0.25) is 0 Å². The molecule has 4 aromatic carbocycles. The van der Waals surface area contributed by atoms with Crippen LogP contribution in [0.2, 0.25) is 0 Å². The minimum absolute atomic E-state index is 0.00670. The van der Waals surface area contributed by atoms with Gasteiger partial charge in [0.15, 0.2) is 10.6 Å². The van der Waals surface area contributed by atoms with Crippen LogP contribution in [-0.2, 0) is 22.6 Å². The van der Waals surface area contributed by atoms with Gasteiger partial charge in [-0.2, -0.15) is 0 Å². The predicted molar refractivity (Wildman–Crippen MR) is 172 cm³/mol. The highest BCUT2D eigenvalue weighted by atomic mass is 32.2. The zero-order chi connectivity index (χ0) is 29.6. The Labute approximate surface area is 259 Å². The summed E-state index contributed by atoms with van der Waals surface area (Å²) in [6.07, 6.45) is -0.976. The van der Waals surface area contributed by atoms with Crippen molar-refractivity contribution in [2.75, 3.05) is 11.1 Å². The fourth-order valence-corrected chi connectivity index (χ4v) is 7.35. The van der Waals surface area contributed by atoms with Crippen molar-refractivity contribution in [3.63, 3.8) is 0 Å². The molecule has 0 radical (unpaired) electrons. The zero-order valence-corrected chi connectivity index (χ0v) is 25.3. The molecule has 1 aromatic heterocycles. The van der Waals surface area contributed by atoms with Crippen LogP contribution in [0.1, 0.15) is 41.6 Å². The molecular weight excluding hydrogens is 579 g/mol. The molecule has 6 rings (SSSR count). The molecule has 1 aliphatic rings. The number of fused-ring (bicyclic) bond motifs is 1. The van der Waals surface area contributed by atoms with Gasteiger partial charge in [0.25, 0.3) is 0 Å². The van der Waals surface area contributed by atoms with Crippen molar-refractivity contribution >= 4 is 45.0 Å². The first-order valence-corrected chi connectivity index (χ1v) is 16.0. The highest BCUT2D eigenvalue weighted by molar-refractivity contribution is 8.01. The number of nitrogens with zero attached hydrogens (tertiary/aromatic N) is 1. The number of benzene rings is 4. The molecule has 7 nitrogen and oxygen atoms in total. The second-order valence-corrected chi connectivity index (χ2v) is 12.8. The van der Waals surface area contributed by atoms with Crippen LogP contribution >= 0.6 is 23.1 Å². The molecule has 9 heteroatoms. The number of urea groups is 1. The number of para-hydroxylation sites is 1. The van der Waals surface area contributed by atoms with Gasteiger partial charge < -0.3 is 25.2 Å². The number of aliphatic hydroxyl groups is 1. The average Bonchev–Trinajstić information content (AvgIpc) is 3.47. The van der Waals surface area contributed by atoms with Gasteiger partial charge in [-0.25, -0.2) is 9.78 Å². The predicted octanol–water partition coefficient (Wildman–Crippen LogP) is 7.69. The van der Waals surface area contributed by atoms with Crippen LogP contribution in [0.5, 0.6) is 0 Å². The molecule has 1 saturated heterocycles. The molecule has 0 spiro atoms. The lowest BCUT2D eigenvalue weighted by Gasteiger charge is -2.41. The third-order valence-electron chi connectivity index (χ3n) is 7.48. The van der Waals surface area contributed by atoms with E-state index in [1.54, 1.807) is 23.1 Å². The number of nitrogens with one attached hydrogen (secondary N) is 2. The molecule has 1 aliphatic heterocycles. The van der Waals surface area contributed by atoms with Crippen LogP contribution in [0, 0.1) is 5.92 Å². The van der Waals surface area contributed by atoms with Crippen molar-refractivity contribution in [3.8, 4) is 0 Å². The highest BCUT2D eigenvalue weighted by Gasteiger charge is 2.38. The first-order chi connectivity index (χ1) is 21.1. The van der Waals surface area contributed by atoms with E-state index in [0.29, 0.717) is 18.0 Å². The second kappa shape index (κ2) is 13.7. The van der Waals surface area contributed by atoms with Crippen molar-refractivity contribution in [1.82, 2.24) is 10.3 Å². The minimum atomic E-state index is -0.631. The number of rotatable bonds is 9. The molecule has 4 atom stereocenters. The van der Waals surface area contributed by atoms with Crippen LogP contribution in [0.3, 0.4) is 0 Å². The van der Waals surface area contributed by atoms with Gasteiger partial charge in [0, 0.05) is 29.5 Å². The quantitative estimate of drug-likeness (QED) is 0.148. The molecule has 0 unspecified atom stereocenters. The lowest BCUT2D eigenvalue weighted by molar-refractivity contribution is -0.268. The number of aliphatic hydroxyl groups excluding tert-OH is 1. The molecule has 3 N–H and O–H groups in total. The van der Waals surface area contributed by atoms with E-state index in [1.807, 2.05) is 97.1 Å². The van der Waals surface area contributed by atoms with E-state index in [1.165, 1.54) is 4.70 Å². The van der Waals surface area contributed by atoms with E-state index >= 15 is 0 Å². The molecule has 2 amide bonds. The topological polar surface area (TPSA) is 92.7 Å². The fourth-order valence-electron chi connectivity index (χ4n) is 5.09. The number of ether oxygens (including phenoxy) is 2. The van der Waals surface area contributed by atoms with Gasteiger partial charge in [-0.1, -0.05) is 97.5 Å². The van der Waals surface area contributed by atoms with Gasteiger partial charge in [0.1, 0.15) is 0 Å². The van der Waals surface area contributed by atoms with Crippen LogP contribution in [0.25, 0.3) is 10.2 Å². The maximum absolute atomic E-state index is 12.6. The Kier molecular flexibility index (Phi) is 9.36. The number of carbonyl (C=O) groups is 1. The standard InChI is InChI=1S/C34H33N3O4S2/c1-22-29(21-42-34-37-28-12-5-6-13-30(28)43-34)40-32(41-31(22)25-16-14-24(20-38)15-17-25)26-10-7-11-27(18-26)36-33(39)35-19-23-8-3-2-4-9-23/h2-18,22,29,31-32,38H,19-21H2,1H3,(H2,35,36,39)/t22-,29+,31+,32+/m1/s1. The van der Waals surface area contributed by atoms with Crippen LogP contribution < -0.4 is 10.6 Å². The average molecular weight is 612 g/mol. The Bertz CT molecular complexity index is 1630. The Morgan fingerprint density at radius 3 is 2.49 bits per heavy atom. The smallest absolute Gasteiger partial charge is 0.319 e. The Morgan fingerprint density at radius 2 is 1.70 bits per heavy atom. The van der Waals surface area contributed by atoms with Gasteiger partial charge in [0.05, 0.1) is 29.0 Å². The summed E-state index contributed by atoms with van der Waals surface area (Å²) in [6, 6.07) is 33.2. The summed E-state index contributed by atoms with van der Waals surface area (Å²) in [5.41, 5.74) is 5.39. The summed E-state index contributed by atoms with van der Waals surface area (Å²) < 4.78 is 15.4. The van der Waals surface area contributed by atoms with Crippen molar-refractivity contribution in [2.45, 2.75) is 42.9 Å². The molecule has 0 saturated carbocycles. The Balaban J connectivity index is 1.19. The number of hydrogen-bond acceptors (Lipinski definition) is 7. The third-order valence-corrected chi connectivity index (χ3v) is 9.75. The zero-order valence-electron chi connectivity index (χ0n) is 23.7. The number of thiazole rings is 1. The number of hydrogen-bond donors (Lipinski definition) is 3. The van der Waals surface area contributed by atoms with Crippen LogP contribution in [-0.4, -0.2) is 28.0 Å². The monoisotopic (exact) mass is 611 g/mol. The largest absolute Gasteiger partial charge is 0.392 e. The maximum atomic E-state index is 12.6. The van der Waals surface area contributed by atoms with E-state index in [9.17, 15) is 9.90 Å². The third kappa shape index (κ3) is 7.26. The summed E-state index contributed by atoms with van der Waals surface area (Å²) in [5, 5.41) is 15.4. The number of anilines is 1. The summed E-state index contributed by atoms with van der Waals surface area (Å²) in [5.74, 6) is 0.773. The van der Waals surface area contributed by atoms with Gasteiger partial charge in [-0.15, -0.1) is 11.3 Å². The number of carbonyl (C=O) groups excluding carboxylic acids is 1. The summed E-state index contributed by atoms with van der Waals surface area (Å²) in [4.78, 5) is 17.4. The first kappa shape index (κ1) is 29.3. The SMILES string of the molecule is C[C@@H]1[C@H](CSc2nc3ccccc3s2)O[C@H](c2cccc(NC(=O)NCc3ccccc3)c2)O[C@@H]1c1ccc(CO)cc1. The second-order valence-electron chi connectivity index (χ2n) is 10.5. The number of amides is 2. The van der Waals surface area contributed by atoms with E-state index in [-0.39, 0.29) is 30.8 Å². The maximum Gasteiger partial charge on any atom is 0.319 e. The van der Waals surface area contributed by atoms with Crippen molar-refractivity contribution in [3.05, 3.63) is 125 Å². The molecule has 5 aromatic rings. The van der Waals surface area contributed by atoms with E-state index in [2.05, 4.69) is 23.6 Å². The molecular formula is C34H33N3O4S2. The molecule has 43 heavy (non-hydrogen) atoms. The lowest BCUT2D eigenvalue weighted by atomic mass is 9.91. The first-order valence-electron chi connectivity index (χ1n) is 14.2. The number of aromatic nitrogens is 1. The van der Waals surface area contributed by atoms with Gasteiger partial charge in [-0.05, 0) is 41.0 Å². The molecule has 2 heterocycles. The van der Waals surface area contributed by atoms with E-state index in [0.717, 1.165) is 32.1 Å². The minimum Gasteiger partial charge on any atom is -0.392 e. The molecule has 1 fully saturated rings. The fraction of sp³-hybridized carbons (Fsp3) is 0.235. The molecule has 0 aliphatic carbocycles. The van der Waals surface area contributed by atoms with E-state index < -0.39 is 6.29 Å². The summed E-state index contributed by atoms with van der Waals surface area (Å²) in [7, 11) is 0. The summed E-state index contributed by atoms with van der Waals surface area (Å²) >= 11 is 3.39. The Hall–Kier alpha value is -3.73. The molecule has 220 valence electrons.